The summed E-state index contributed by atoms with van der Waals surface area (Å²) in [5.41, 5.74) is 0. The minimum Gasteiger partial charge on any atom is -0.489 e. The van der Waals surface area contributed by atoms with E-state index >= 15 is 0 Å². The molecule has 3 heteroatoms. The Kier molecular flexibility index (Phi) is 5.12. The van der Waals surface area contributed by atoms with Crippen molar-refractivity contribution in [2.75, 3.05) is 6.54 Å². The van der Waals surface area contributed by atoms with Crippen LogP contribution in [0.2, 0.25) is 0 Å². The first-order valence-corrected chi connectivity index (χ1v) is 6.03. The first kappa shape index (κ1) is 12.5. The molecule has 0 saturated carbocycles. The summed E-state index contributed by atoms with van der Waals surface area (Å²) in [6.45, 7) is 7.20. The van der Waals surface area contributed by atoms with Gasteiger partial charge in [0.25, 0.3) is 0 Å². The summed E-state index contributed by atoms with van der Waals surface area (Å²) in [6.07, 6.45) is 0.188. The Morgan fingerprint density at radius 1 is 1.20 bits per heavy atom. The van der Waals surface area contributed by atoms with Gasteiger partial charge >= 0.3 is 0 Å². The fourth-order valence-electron chi connectivity index (χ4n) is 1.19. The predicted octanol–water partition coefficient (Wildman–Crippen LogP) is 3.21. The van der Waals surface area contributed by atoms with Crippen molar-refractivity contribution in [3.8, 4) is 5.75 Å². The Morgan fingerprint density at radius 2 is 1.80 bits per heavy atom. The molecule has 0 aliphatic rings. The number of hydrogen-bond donors (Lipinski definition) is 1. The van der Waals surface area contributed by atoms with Gasteiger partial charge in [0.15, 0.2) is 0 Å². The summed E-state index contributed by atoms with van der Waals surface area (Å²) in [7, 11) is 0. The van der Waals surface area contributed by atoms with E-state index < -0.39 is 0 Å². The van der Waals surface area contributed by atoms with Gasteiger partial charge in [0, 0.05) is 17.1 Å². The van der Waals surface area contributed by atoms with Gasteiger partial charge in [-0.3, -0.25) is 0 Å². The zero-order valence-corrected chi connectivity index (χ0v) is 11.0. The summed E-state index contributed by atoms with van der Waals surface area (Å²) in [5.74, 6) is 0.913. The third kappa shape index (κ3) is 5.19. The highest BCUT2D eigenvalue weighted by Gasteiger charge is 2.04. The lowest BCUT2D eigenvalue weighted by Gasteiger charge is -2.17. The van der Waals surface area contributed by atoms with Crippen LogP contribution in [0.15, 0.2) is 28.7 Å². The van der Waals surface area contributed by atoms with Crippen LogP contribution in [0.25, 0.3) is 0 Å². The Hall–Kier alpha value is -0.540. The zero-order chi connectivity index (χ0) is 11.3. The fourth-order valence-corrected chi connectivity index (χ4v) is 1.45. The van der Waals surface area contributed by atoms with Gasteiger partial charge in [-0.1, -0.05) is 29.8 Å². The Bertz CT molecular complexity index is 284. The van der Waals surface area contributed by atoms with E-state index in [4.69, 9.17) is 4.74 Å². The molecule has 1 aromatic carbocycles. The van der Waals surface area contributed by atoms with Crippen molar-refractivity contribution in [2.45, 2.75) is 32.9 Å². The van der Waals surface area contributed by atoms with Crippen LogP contribution in [0.3, 0.4) is 0 Å². The van der Waals surface area contributed by atoms with Crippen molar-refractivity contribution in [3.05, 3.63) is 28.7 Å². The van der Waals surface area contributed by atoms with Crippen molar-refractivity contribution in [1.82, 2.24) is 5.32 Å². The molecule has 2 nitrogen and oxygen atoms in total. The number of rotatable bonds is 5. The fraction of sp³-hybridized carbons (Fsp3) is 0.500. The monoisotopic (exact) mass is 271 g/mol. The SMILES string of the molecule is CC(C)NCC(C)Oc1ccc(Br)cc1. The molecule has 0 fully saturated rings. The van der Waals surface area contributed by atoms with Crippen LogP contribution in [-0.2, 0) is 0 Å². The minimum atomic E-state index is 0.188. The van der Waals surface area contributed by atoms with Gasteiger partial charge in [0.05, 0.1) is 0 Å². The molecule has 1 aromatic rings. The van der Waals surface area contributed by atoms with Crippen molar-refractivity contribution < 1.29 is 4.74 Å². The number of nitrogens with one attached hydrogen (secondary N) is 1. The van der Waals surface area contributed by atoms with Gasteiger partial charge in [-0.15, -0.1) is 0 Å². The molecule has 0 spiro atoms. The summed E-state index contributed by atoms with van der Waals surface area (Å²) in [4.78, 5) is 0. The van der Waals surface area contributed by atoms with E-state index in [1.165, 1.54) is 0 Å². The average Bonchev–Trinajstić information content (AvgIpc) is 2.19. The number of benzene rings is 1. The molecule has 15 heavy (non-hydrogen) atoms. The van der Waals surface area contributed by atoms with Crippen LogP contribution in [0.1, 0.15) is 20.8 Å². The standard InChI is InChI=1S/C12H18BrNO/c1-9(2)14-8-10(3)15-12-6-4-11(13)5-7-12/h4-7,9-10,14H,8H2,1-3H3. The lowest BCUT2D eigenvalue weighted by atomic mass is 10.3. The minimum absolute atomic E-state index is 0.188. The quantitative estimate of drug-likeness (QED) is 0.888. The van der Waals surface area contributed by atoms with Crippen molar-refractivity contribution >= 4 is 15.9 Å². The normalized spacial score (nSPS) is 12.9. The van der Waals surface area contributed by atoms with Gasteiger partial charge in [-0.25, -0.2) is 0 Å². The second kappa shape index (κ2) is 6.13. The summed E-state index contributed by atoms with van der Waals surface area (Å²) < 4.78 is 6.81. The maximum atomic E-state index is 5.74. The molecule has 0 aliphatic heterocycles. The maximum absolute atomic E-state index is 5.74. The number of hydrogen-bond acceptors (Lipinski definition) is 2. The number of ether oxygens (including phenoxy) is 1. The van der Waals surface area contributed by atoms with Crippen LogP contribution < -0.4 is 10.1 Å². The highest BCUT2D eigenvalue weighted by Crippen LogP contribution is 2.17. The first-order chi connectivity index (χ1) is 7.08. The molecule has 0 aliphatic carbocycles. The summed E-state index contributed by atoms with van der Waals surface area (Å²) in [5, 5.41) is 3.34. The molecular weight excluding hydrogens is 254 g/mol. The van der Waals surface area contributed by atoms with E-state index in [9.17, 15) is 0 Å². The lowest BCUT2D eigenvalue weighted by molar-refractivity contribution is 0.213. The molecule has 1 rings (SSSR count). The molecule has 0 saturated heterocycles. The molecule has 0 radical (unpaired) electrons. The molecule has 1 N–H and O–H groups in total. The molecular formula is C12H18BrNO. The molecule has 1 unspecified atom stereocenters. The Morgan fingerprint density at radius 3 is 2.33 bits per heavy atom. The average molecular weight is 272 g/mol. The van der Waals surface area contributed by atoms with Crippen LogP contribution in [0.4, 0.5) is 0 Å². The van der Waals surface area contributed by atoms with Crippen LogP contribution in [0.5, 0.6) is 5.75 Å². The van der Waals surface area contributed by atoms with Crippen LogP contribution in [0, 0.1) is 0 Å². The van der Waals surface area contributed by atoms with E-state index in [0.29, 0.717) is 6.04 Å². The Labute approximate surface area is 100 Å². The van der Waals surface area contributed by atoms with Crippen LogP contribution in [-0.4, -0.2) is 18.7 Å². The lowest BCUT2D eigenvalue weighted by Crippen LogP contribution is -2.33. The van der Waals surface area contributed by atoms with E-state index in [0.717, 1.165) is 16.8 Å². The molecule has 0 aromatic heterocycles. The van der Waals surface area contributed by atoms with E-state index in [1.807, 2.05) is 24.3 Å². The van der Waals surface area contributed by atoms with Crippen molar-refractivity contribution in [1.29, 1.82) is 0 Å². The predicted molar refractivity (Wildman–Crippen MR) is 67.4 cm³/mol. The molecule has 0 bridgehead atoms. The van der Waals surface area contributed by atoms with E-state index in [-0.39, 0.29) is 6.10 Å². The van der Waals surface area contributed by atoms with Crippen molar-refractivity contribution in [3.63, 3.8) is 0 Å². The Balaban J connectivity index is 2.37. The molecule has 84 valence electrons. The summed E-state index contributed by atoms with van der Waals surface area (Å²) in [6, 6.07) is 8.41. The summed E-state index contributed by atoms with van der Waals surface area (Å²) >= 11 is 3.39. The third-order valence-electron chi connectivity index (χ3n) is 1.96. The van der Waals surface area contributed by atoms with E-state index in [1.54, 1.807) is 0 Å². The van der Waals surface area contributed by atoms with Gasteiger partial charge in [0.1, 0.15) is 11.9 Å². The highest BCUT2D eigenvalue weighted by molar-refractivity contribution is 9.10. The topological polar surface area (TPSA) is 21.3 Å². The first-order valence-electron chi connectivity index (χ1n) is 5.23. The van der Waals surface area contributed by atoms with Crippen molar-refractivity contribution in [2.24, 2.45) is 0 Å². The maximum Gasteiger partial charge on any atom is 0.119 e. The van der Waals surface area contributed by atoms with E-state index in [2.05, 4.69) is 42.0 Å². The van der Waals surface area contributed by atoms with Crippen LogP contribution >= 0.6 is 15.9 Å². The molecule has 0 amide bonds. The van der Waals surface area contributed by atoms with Gasteiger partial charge in [-0.2, -0.15) is 0 Å². The second-order valence-electron chi connectivity index (χ2n) is 3.95. The highest BCUT2D eigenvalue weighted by atomic mass is 79.9. The largest absolute Gasteiger partial charge is 0.489 e. The second-order valence-corrected chi connectivity index (χ2v) is 4.86. The smallest absolute Gasteiger partial charge is 0.119 e. The van der Waals surface area contributed by atoms with Gasteiger partial charge < -0.3 is 10.1 Å². The zero-order valence-electron chi connectivity index (χ0n) is 9.46. The van der Waals surface area contributed by atoms with Gasteiger partial charge in [-0.05, 0) is 31.2 Å². The number of halogens is 1. The molecule has 0 heterocycles. The third-order valence-corrected chi connectivity index (χ3v) is 2.49. The van der Waals surface area contributed by atoms with Gasteiger partial charge in [0.2, 0.25) is 0 Å². The molecule has 1 atom stereocenters.